The molecule has 1 aliphatic rings. The van der Waals surface area contributed by atoms with Gasteiger partial charge in [-0.3, -0.25) is 25.1 Å². The van der Waals surface area contributed by atoms with Crippen molar-refractivity contribution in [3.63, 3.8) is 0 Å². The number of imide groups is 1. The summed E-state index contributed by atoms with van der Waals surface area (Å²) in [5.41, 5.74) is 5.59. The fourth-order valence-corrected chi connectivity index (χ4v) is 4.00. The summed E-state index contributed by atoms with van der Waals surface area (Å²) in [7, 11) is 0. The summed E-state index contributed by atoms with van der Waals surface area (Å²) in [5.74, 6) is -1.15. The molecule has 0 aromatic heterocycles. The summed E-state index contributed by atoms with van der Waals surface area (Å²) in [4.78, 5) is 37.0. The van der Waals surface area contributed by atoms with E-state index >= 15 is 0 Å². The van der Waals surface area contributed by atoms with Crippen LogP contribution in [0.1, 0.15) is 31.8 Å². The number of nitrogens with one attached hydrogen (secondary N) is 1. The Morgan fingerprint density at radius 1 is 1.04 bits per heavy atom. The number of rotatable bonds is 3. The Balaban J connectivity index is 1.90. The number of benzene rings is 3. The topological polar surface area (TPSA) is 92.6 Å². The van der Waals surface area contributed by atoms with E-state index in [-0.39, 0.29) is 15.7 Å². The van der Waals surface area contributed by atoms with Crippen LogP contribution in [0.15, 0.2) is 46.9 Å². The highest BCUT2D eigenvalue weighted by Gasteiger charge is 2.36. The number of nitrogens with zero attached hydrogens (tertiary/aromatic N) is 2. The van der Waals surface area contributed by atoms with Crippen LogP contribution in [0.4, 0.5) is 11.4 Å². The molecule has 0 unspecified atom stereocenters. The molecule has 0 fully saturated rings. The van der Waals surface area contributed by atoms with Crippen molar-refractivity contribution in [1.82, 2.24) is 5.01 Å². The fraction of sp³-hybridized carbons (Fsp3) is 0.100. The van der Waals surface area contributed by atoms with E-state index in [1.807, 2.05) is 26.0 Å². The van der Waals surface area contributed by atoms with E-state index in [2.05, 4.69) is 21.4 Å². The smallest absolute Gasteiger partial charge is 0.284 e. The predicted molar refractivity (Wildman–Crippen MR) is 108 cm³/mol. The minimum atomic E-state index is -0.635. The van der Waals surface area contributed by atoms with Crippen LogP contribution in [0.2, 0.25) is 0 Å². The first-order valence-corrected chi connectivity index (χ1v) is 9.21. The van der Waals surface area contributed by atoms with E-state index in [1.54, 1.807) is 24.3 Å². The summed E-state index contributed by atoms with van der Waals surface area (Å²) >= 11 is 3.24. The molecule has 0 radical (unpaired) electrons. The molecule has 3 aromatic carbocycles. The summed E-state index contributed by atoms with van der Waals surface area (Å²) in [6.45, 7) is 3.81. The van der Waals surface area contributed by atoms with Crippen LogP contribution >= 0.6 is 15.9 Å². The van der Waals surface area contributed by atoms with Crippen molar-refractivity contribution in [2.75, 3.05) is 5.43 Å². The Labute approximate surface area is 168 Å². The maximum atomic E-state index is 13.1. The molecule has 1 heterocycles. The quantitative estimate of drug-likeness (QED) is 0.361. The van der Waals surface area contributed by atoms with Crippen LogP contribution in [-0.2, 0) is 0 Å². The predicted octanol–water partition coefficient (Wildman–Crippen LogP) is 4.75. The average Bonchev–Trinajstić information content (AvgIpc) is 2.65. The first-order chi connectivity index (χ1) is 13.3. The molecule has 0 saturated carbocycles. The number of nitro groups is 1. The Morgan fingerprint density at radius 2 is 1.75 bits per heavy atom. The van der Waals surface area contributed by atoms with Gasteiger partial charge in [-0.1, -0.05) is 29.8 Å². The molecule has 2 amide bonds. The van der Waals surface area contributed by atoms with Gasteiger partial charge in [-0.2, -0.15) is 5.01 Å². The number of halogens is 1. The standard InChI is InChI=1S/C20H14BrN3O4/c1-10-6-7-15(11(2)8-10)22-23-19(25)13-5-3-4-12-17(13)14(20(23)26)9-16(18(12)21)24(27)28/h3-9,22H,1-2H3. The molecule has 0 spiro atoms. The molecular weight excluding hydrogens is 426 g/mol. The second-order valence-corrected chi connectivity index (χ2v) is 7.41. The van der Waals surface area contributed by atoms with Gasteiger partial charge in [0.25, 0.3) is 17.5 Å². The molecule has 1 aliphatic heterocycles. The third kappa shape index (κ3) is 2.65. The number of aryl methyl sites for hydroxylation is 2. The Hall–Kier alpha value is -3.26. The molecule has 0 saturated heterocycles. The van der Waals surface area contributed by atoms with Gasteiger partial charge >= 0.3 is 0 Å². The van der Waals surface area contributed by atoms with Gasteiger partial charge in [0.05, 0.1) is 21.7 Å². The number of amides is 2. The molecule has 28 heavy (non-hydrogen) atoms. The molecular formula is C20H14BrN3O4. The Bertz CT molecular complexity index is 1210. The van der Waals surface area contributed by atoms with Gasteiger partial charge < -0.3 is 0 Å². The molecule has 4 rings (SSSR count). The fourth-order valence-electron chi connectivity index (χ4n) is 3.41. The molecule has 140 valence electrons. The highest BCUT2D eigenvalue weighted by Crippen LogP contribution is 2.40. The van der Waals surface area contributed by atoms with Crippen molar-refractivity contribution in [2.24, 2.45) is 0 Å². The number of hydrogen-bond donors (Lipinski definition) is 1. The Kier molecular flexibility index (Phi) is 4.15. The van der Waals surface area contributed by atoms with Crippen molar-refractivity contribution < 1.29 is 14.5 Å². The third-order valence-electron chi connectivity index (χ3n) is 4.75. The summed E-state index contributed by atoms with van der Waals surface area (Å²) in [6.07, 6.45) is 0. The average molecular weight is 440 g/mol. The Morgan fingerprint density at radius 3 is 2.43 bits per heavy atom. The number of carbonyl (C=O) groups excluding carboxylic acids is 2. The zero-order valence-electron chi connectivity index (χ0n) is 14.9. The van der Waals surface area contributed by atoms with Crippen molar-refractivity contribution in [2.45, 2.75) is 13.8 Å². The van der Waals surface area contributed by atoms with Crippen molar-refractivity contribution in [3.8, 4) is 0 Å². The zero-order valence-corrected chi connectivity index (χ0v) is 16.5. The summed E-state index contributed by atoms with van der Waals surface area (Å²) in [5, 5.41) is 13.2. The lowest BCUT2D eigenvalue weighted by Crippen LogP contribution is -2.44. The molecule has 0 bridgehead atoms. The van der Waals surface area contributed by atoms with E-state index < -0.39 is 16.7 Å². The molecule has 0 aliphatic carbocycles. The minimum absolute atomic E-state index is 0.109. The molecule has 7 nitrogen and oxygen atoms in total. The van der Waals surface area contributed by atoms with E-state index in [1.165, 1.54) is 6.07 Å². The summed E-state index contributed by atoms with van der Waals surface area (Å²) < 4.78 is 0.245. The van der Waals surface area contributed by atoms with Gasteiger partial charge in [-0.25, -0.2) is 0 Å². The highest BCUT2D eigenvalue weighted by atomic mass is 79.9. The highest BCUT2D eigenvalue weighted by molar-refractivity contribution is 9.10. The maximum Gasteiger partial charge on any atom is 0.284 e. The van der Waals surface area contributed by atoms with Crippen LogP contribution in [0, 0.1) is 24.0 Å². The monoisotopic (exact) mass is 439 g/mol. The van der Waals surface area contributed by atoms with E-state index in [4.69, 9.17) is 0 Å². The van der Waals surface area contributed by atoms with Crippen LogP contribution in [0.25, 0.3) is 10.8 Å². The van der Waals surface area contributed by atoms with Gasteiger partial charge in [-0.05, 0) is 47.5 Å². The van der Waals surface area contributed by atoms with Gasteiger partial charge in [0, 0.05) is 16.8 Å². The minimum Gasteiger partial charge on any atom is -0.288 e. The van der Waals surface area contributed by atoms with Gasteiger partial charge in [0.2, 0.25) is 0 Å². The molecule has 1 N–H and O–H groups in total. The first-order valence-electron chi connectivity index (χ1n) is 8.42. The number of nitro benzene ring substituents is 1. The number of hydrazine groups is 1. The third-order valence-corrected chi connectivity index (χ3v) is 5.59. The van der Waals surface area contributed by atoms with Crippen molar-refractivity contribution in [1.29, 1.82) is 0 Å². The zero-order chi connectivity index (χ0) is 20.2. The summed E-state index contributed by atoms with van der Waals surface area (Å²) in [6, 6.07) is 11.7. The SMILES string of the molecule is Cc1ccc(NN2C(=O)c3cccc4c(Br)c([N+](=O)[O-])cc(c34)C2=O)c(C)c1. The van der Waals surface area contributed by atoms with E-state index in [0.29, 0.717) is 22.0 Å². The van der Waals surface area contributed by atoms with E-state index in [9.17, 15) is 19.7 Å². The van der Waals surface area contributed by atoms with Crippen molar-refractivity contribution >= 4 is 49.9 Å². The molecule has 0 atom stereocenters. The van der Waals surface area contributed by atoms with Crippen LogP contribution in [0.3, 0.4) is 0 Å². The van der Waals surface area contributed by atoms with Gasteiger partial charge in [0.15, 0.2) is 0 Å². The normalized spacial score (nSPS) is 13.2. The van der Waals surface area contributed by atoms with Crippen LogP contribution in [-0.4, -0.2) is 21.7 Å². The number of anilines is 1. The largest absolute Gasteiger partial charge is 0.288 e. The second kappa shape index (κ2) is 6.42. The van der Waals surface area contributed by atoms with E-state index in [0.717, 1.165) is 16.1 Å². The lowest BCUT2D eigenvalue weighted by molar-refractivity contribution is -0.385. The van der Waals surface area contributed by atoms with Crippen LogP contribution < -0.4 is 5.43 Å². The molecule has 8 heteroatoms. The lowest BCUT2D eigenvalue weighted by Gasteiger charge is -2.28. The van der Waals surface area contributed by atoms with Crippen LogP contribution in [0.5, 0.6) is 0 Å². The van der Waals surface area contributed by atoms with Gasteiger partial charge in [-0.15, -0.1) is 0 Å². The van der Waals surface area contributed by atoms with Gasteiger partial charge in [0.1, 0.15) is 4.47 Å². The lowest BCUT2D eigenvalue weighted by atomic mass is 9.94. The molecule has 3 aromatic rings. The number of hydrogen-bond acceptors (Lipinski definition) is 5. The first kappa shape index (κ1) is 18.1. The second-order valence-electron chi connectivity index (χ2n) is 6.62. The number of carbonyl (C=O) groups is 2. The van der Waals surface area contributed by atoms with Crippen molar-refractivity contribution in [3.05, 3.63) is 79.3 Å². The maximum absolute atomic E-state index is 13.1.